The first-order valence-electron chi connectivity index (χ1n) is 4.14. The van der Waals surface area contributed by atoms with Gasteiger partial charge in [-0.15, -0.1) is 11.3 Å². The molecule has 0 amide bonds. The molecule has 2 atom stereocenters. The van der Waals surface area contributed by atoms with Crippen molar-refractivity contribution in [3.8, 4) is 0 Å². The molecular formula is C9H13ClO2S. The fourth-order valence-electron chi connectivity index (χ4n) is 1.20. The van der Waals surface area contributed by atoms with Crippen molar-refractivity contribution < 1.29 is 9.84 Å². The highest BCUT2D eigenvalue weighted by atomic mass is 35.5. The van der Waals surface area contributed by atoms with E-state index in [-0.39, 0.29) is 6.10 Å². The van der Waals surface area contributed by atoms with Gasteiger partial charge in [0.2, 0.25) is 0 Å². The number of rotatable bonds is 4. The summed E-state index contributed by atoms with van der Waals surface area (Å²) in [7, 11) is 1.60. The Kier molecular flexibility index (Phi) is 4.19. The van der Waals surface area contributed by atoms with E-state index in [0.29, 0.717) is 5.02 Å². The topological polar surface area (TPSA) is 29.5 Å². The Bertz CT molecular complexity index is 258. The van der Waals surface area contributed by atoms with Gasteiger partial charge in [-0.1, -0.05) is 18.5 Å². The van der Waals surface area contributed by atoms with Gasteiger partial charge >= 0.3 is 0 Å². The van der Waals surface area contributed by atoms with Gasteiger partial charge in [0.1, 0.15) is 6.10 Å². The number of aliphatic hydroxyl groups is 1. The monoisotopic (exact) mass is 220 g/mol. The van der Waals surface area contributed by atoms with Crippen molar-refractivity contribution in [2.24, 2.45) is 0 Å². The van der Waals surface area contributed by atoms with Crippen molar-refractivity contribution in [3.05, 3.63) is 21.3 Å². The summed E-state index contributed by atoms with van der Waals surface area (Å²) in [6.07, 6.45) is -0.00929. The minimum absolute atomic E-state index is 0.170. The highest BCUT2D eigenvalue weighted by Crippen LogP contribution is 2.32. The van der Waals surface area contributed by atoms with E-state index >= 15 is 0 Å². The molecule has 0 spiro atoms. The van der Waals surface area contributed by atoms with Crippen molar-refractivity contribution in [2.75, 3.05) is 7.11 Å². The van der Waals surface area contributed by atoms with E-state index in [1.165, 1.54) is 11.3 Å². The average molecular weight is 221 g/mol. The first-order valence-corrected chi connectivity index (χ1v) is 5.40. The molecular weight excluding hydrogens is 208 g/mol. The van der Waals surface area contributed by atoms with E-state index in [2.05, 4.69) is 0 Å². The molecule has 0 aliphatic carbocycles. The van der Waals surface area contributed by atoms with Crippen LogP contribution in [0.3, 0.4) is 0 Å². The van der Waals surface area contributed by atoms with Gasteiger partial charge in [0.05, 0.1) is 16.0 Å². The van der Waals surface area contributed by atoms with E-state index in [4.69, 9.17) is 16.3 Å². The van der Waals surface area contributed by atoms with E-state index in [1.807, 2.05) is 12.3 Å². The number of ether oxygens (including phenoxy) is 1. The second kappa shape index (κ2) is 4.96. The van der Waals surface area contributed by atoms with E-state index < -0.39 is 6.10 Å². The third kappa shape index (κ3) is 2.44. The van der Waals surface area contributed by atoms with Gasteiger partial charge in [-0.3, -0.25) is 0 Å². The number of halogens is 1. The molecule has 0 aromatic carbocycles. The summed E-state index contributed by atoms with van der Waals surface area (Å²) in [5.74, 6) is 0. The molecule has 0 radical (unpaired) electrons. The molecule has 0 fully saturated rings. The zero-order chi connectivity index (χ0) is 9.84. The highest BCUT2D eigenvalue weighted by molar-refractivity contribution is 7.10. The molecule has 2 nitrogen and oxygen atoms in total. The van der Waals surface area contributed by atoms with Crippen LogP contribution in [0.5, 0.6) is 0 Å². The van der Waals surface area contributed by atoms with Gasteiger partial charge in [0.15, 0.2) is 0 Å². The number of hydrogen-bond acceptors (Lipinski definition) is 3. The molecule has 0 aliphatic heterocycles. The third-order valence-electron chi connectivity index (χ3n) is 1.97. The summed E-state index contributed by atoms with van der Waals surface area (Å²) in [4.78, 5) is 0.787. The predicted octanol–water partition coefficient (Wildman–Crippen LogP) is 2.86. The molecule has 0 saturated heterocycles. The van der Waals surface area contributed by atoms with Crippen LogP contribution in [0.4, 0.5) is 0 Å². The Balaban J connectivity index is 2.77. The lowest BCUT2D eigenvalue weighted by Gasteiger charge is -2.19. The van der Waals surface area contributed by atoms with Crippen molar-refractivity contribution >= 4 is 22.9 Å². The number of aliphatic hydroxyl groups excluding tert-OH is 1. The first-order chi connectivity index (χ1) is 6.20. The van der Waals surface area contributed by atoms with Crippen LogP contribution in [0.2, 0.25) is 5.02 Å². The SMILES string of the molecule is CCC(OC)C(O)c1sccc1Cl. The van der Waals surface area contributed by atoms with Crippen molar-refractivity contribution in [1.82, 2.24) is 0 Å². The Labute approximate surface area is 87.1 Å². The number of thiophene rings is 1. The third-order valence-corrected chi connectivity index (χ3v) is 3.40. The lowest BCUT2D eigenvalue weighted by atomic mass is 10.1. The Morgan fingerprint density at radius 1 is 1.69 bits per heavy atom. The summed E-state index contributed by atoms with van der Waals surface area (Å²) in [6, 6.07) is 1.78. The maximum absolute atomic E-state index is 9.85. The largest absolute Gasteiger partial charge is 0.385 e. The van der Waals surface area contributed by atoms with Crippen LogP contribution in [-0.2, 0) is 4.74 Å². The quantitative estimate of drug-likeness (QED) is 0.846. The fraction of sp³-hybridized carbons (Fsp3) is 0.556. The van der Waals surface area contributed by atoms with E-state index in [1.54, 1.807) is 13.2 Å². The van der Waals surface area contributed by atoms with E-state index in [0.717, 1.165) is 11.3 Å². The van der Waals surface area contributed by atoms with Crippen LogP contribution in [-0.4, -0.2) is 18.3 Å². The average Bonchev–Trinajstić information content (AvgIpc) is 2.53. The van der Waals surface area contributed by atoms with Gasteiger partial charge < -0.3 is 9.84 Å². The van der Waals surface area contributed by atoms with Gasteiger partial charge in [-0.25, -0.2) is 0 Å². The second-order valence-electron chi connectivity index (χ2n) is 2.76. The fourth-order valence-corrected chi connectivity index (χ4v) is 2.41. The van der Waals surface area contributed by atoms with E-state index in [9.17, 15) is 5.11 Å². The second-order valence-corrected chi connectivity index (χ2v) is 4.11. The molecule has 74 valence electrons. The van der Waals surface area contributed by atoms with Gasteiger partial charge in [0, 0.05) is 7.11 Å². The molecule has 1 aromatic heterocycles. The normalized spacial score (nSPS) is 15.7. The molecule has 0 saturated carbocycles. The van der Waals surface area contributed by atoms with Crippen molar-refractivity contribution in [1.29, 1.82) is 0 Å². The standard InChI is InChI=1S/C9H13ClO2S/c1-3-7(12-2)8(11)9-6(10)4-5-13-9/h4-5,7-8,11H,3H2,1-2H3. The Morgan fingerprint density at radius 2 is 2.38 bits per heavy atom. The summed E-state index contributed by atoms with van der Waals surface area (Å²) >= 11 is 7.34. The predicted molar refractivity (Wildman–Crippen MR) is 55.4 cm³/mol. The maximum atomic E-state index is 9.85. The van der Waals surface area contributed by atoms with Crippen molar-refractivity contribution in [2.45, 2.75) is 25.6 Å². The Morgan fingerprint density at radius 3 is 2.77 bits per heavy atom. The molecule has 1 heterocycles. The minimum atomic E-state index is -0.609. The summed E-state index contributed by atoms with van der Waals surface area (Å²) in [5.41, 5.74) is 0. The lowest BCUT2D eigenvalue weighted by molar-refractivity contribution is -0.0130. The lowest BCUT2D eigenvalue weighted by Crippen LogP contribution is -2.19. The van der Waals surface area contributed by atoms with Crippen LogP contribution in [0.1, 0.15) is 24.3 Å². The van der Waals surface area contributed by atoms with Crippen LogP contribution in [0.25, 0.3) is 0 Å². The van der Waals surface area contributed by atoms with Crippen LogP contribution in [0, 0.1) is 0 Å². The molecule has 1 aromatic rings. The van der Waals surface area contributed by atoms with Gasteiger partial charge in [-0.2, -0.15) is 0 Å². The molecule has 1 rings (SSSR count). The molecule has 0 bridgehead atoms. The summed E-state index contributed by atoms with van der Waals surface area (Å²) in [6.45, 7) is 1.97. The summed E-state index contributed by atoms with van der Waals surface area (Å²) in [5, 5.41) is 12.3. The minimum Gasteiger partial charge on any atom is -0.385 e. The first kappa shape index (κ1) is 11.0. The molecule has 0 aliphatic rings. The highest BCUT2D eigenvalue weighted by Gasteiger charge is 2.21. The maximum Gasteiger partial charge on any atom is 0.116 e. The molecule has 13 heavy (non-hydrogen) atoms. The van der Waals surface area contributed by atoms with Gasteiger partial charge in [-0.05, 0) is 17.9 Å². The van der Waals surface area contributed by atoms with Crippen LogP contribution in [0.15, 0.2) is 11.4 Å². The molecule has 4 heteroatoms. The zero-order valence-electron chi connectivity index (χ0n) is 7.66. The smallest absolute Gasteiger partial charge is 0.116 e. The van der Waals surface area contributed by atoms with Crippen LogP contribution >= 0.6 is 22.9 Å². The van der Waals surface area contributed by atoms with Gasteiger partial charge in [0.25, 0.3) is 0 Å². The molecule has 1 N–H and O–H groups in total. The Hall–Kier alpha value is -0.0900. The number of hydrogen-bond donors (Lipinski definition) is 1. The van der Waals surface area contributed by atoms with Crippen molar-refractivity contribution in [3.63, 3.8) is 0 Å². The summed E-state index contributed by atoms with van der Waals surface area (Å²) < 4.78 is 5.14. The van der Waals surface area contributed by atoms with Crippen LogP contribution < -0.4 is 0 Å². The zero-order valence-corrected chi connectivity index (χ0v) is 9.23. The number of methoxy groups -OCH3 is 1. The molecule has 2 unspecified atom stereocenters.